The summed E-state index contributed by atoms with van der Waals surface area (Å²) in [4.78, 5) is 0. The number of aryl methyl sites for hydroxylation is 2. The van der Waals surface area contributed by atoms with Gasteiger partial charge in [0.2, 0.25) is 0 Å². The van der Waals surface area contributed by atoms with Gasteiger partial charge in [-0.3, -0.25) is 0 Å². The maximum Gasteiger partial charge on any atom is 0.160 e. The van der Waals surface area contributed by atoms with Gasteiger partial charge in [0, 0.05) is 5.41 Å². The van der Waals surface area contributed by atoms with E-state index in [4.69, 9.17) is 18.9 Å². The second-order valence-corrected chi connectivity index (χ2v) is 13.2. The van der Waals surface area contributed by atoms with Crippen LogP contribution in [0.3, 0.4) is 0 Å². The van der Waals surface area contributed by atoms with Gasteiger partial charge in [-0.2, -0.15) is 0 Å². The molecule has 0 amide bonds. The largest absolute Gasteiger partial charge is 0.508 e. The van der Waals surface area contributed by atoms with Crippen molar-refractivity contribution in [1.82, 2.24) is 0 Å². The minimum Gasteiger partial charge on any atom is -0.508 e. The first-order valence-corrected chi connectivity index (χ1v) is 16.1. The highest BCUT2D eigenvalue weighted by atomic mass is 16.5. The van der Waals surface area contributed by atoms with Crippen molar-refractivity contribution in [2.45, 2.75) is 63.6 Å². The molecule has 250 valence electrons. The van der Waals surface area contributed by atoms with Crippen molar-refractivity contribution in [3.8, 4) is 34.5 Å². The van der Waals surface area contributed by atoms with Crippen LogP contribution in [-0.2, 0) is 9.47 Å². The lowest BCUT2D eigenvalue weighted by Crippen LogP contribution is -2.39. The van der Waals surface area contributed by atoms with E-state index in [9.17, 15) is 25.5 Å². The van der Waals surface area contributed by atoms with Crippen molar-refractivity contribution < 1.29 is 44.5 Å². The topological polar surface area (TPSA) is 138 Å². The molecule has 3 aliphatic rings. The van der Waals surface area contributed by atoms with Gasteiger partial charge >= 0.3 is 0 Å². The minimum atomic E-state index is -0.949. The maximum absolute atomic E-state index is 12.4. The molecule has 9 heteroatoms. The first-order valence-electron chi connectivity index (χ1n) is 16.1. The van der Waals surface area contributed by atoms with Gasteiger partial charge in [0.1, 0.15) is 29.8 Å². The Morgan fingerprint density at radius 3 is 1.85 bits per heavy atom. The van der Waals surface area contributed by atoms with E-state index in [0.717, 1.165) is 33.4 Å². The van der Waals surface area contributed by atoms with Gasteiger partial charge in [-0.1, -0.05) is 24.3 Å². The molecule has 0 radical (unpaired) electrons. The summed E-state index contributed by atoms with van der Waals surface area (Å²) in [6.45, 7) is 3.66. The van der Waals surface area contributed by atoms with Crippen molar-refractivity contribution >= 4 is 0 Å². The van der Waals surface area contributed by atoms with Crippen LogP contribution in [0.2, 0.25) is 0 Å². The summed E-state index contributed by atoms with van der Waals surface area (Å²) in [7, 11) is 3.00. The van der Waals surface area contributed by atoms with Crippen molar-refractivity contribution in [3.63, 3.8) is 0 Å². The molecular formula is C39H40O9. The lowest BCUT2D eigenvalue weighted by atomic mass is 9.62. The van der Waals surface area contributed by atoms with E-state index in [2.05, 4.69) is 0 Å². The van der Waals surface area contributed by atoms with Crippen LogP contribution in [-0.4, -0.2) is 45.9 Å². The average molecular weight is 653 g/mol. The lowest BCUT2D eigenvalue weighted by Gasteiger charge is -2.41. The summed E-state index contributed by atoms with van der Waals surface area (Å²) < 4.78 is 24.5. The fourth-order valence-corrected chi connectivity index (χ4v) is 7.89. The summed E-state index contributed by atoms with van der Waals surface area (Å²) in [5, 5.41) is 54.1. The summed E-state index contributed by atoms with van der Waals surface area (Å²) in [5.74, 6) is 1.03. The third kappa shape index (κ3) is 5.13. The zero-order chi connectivity index (χ0) is 33.9. The van der Waals surface area contributed by atoms with Gasteiger partial charge < -0.3 is 44.5 Å². The molecule has 2 heterocycles. The molecule has 0 saturated carbocycles. The van der Waals surface area contributed by atoms with Crippen LogP contribution in [0.15, 0.2) is 83.9 Å². The number of aromatic hydroxyl groups is 4. The number of aliphatic hydroxyl groups is 1. The van der Waals surface area contributed by atoms with Gasteiger partial charge in [0.15, 0.2) is 23.0 Å². The molecule has 48 heavy (non-hydrogen) atoms. The molecule has 5 N–H and O–H groups in total. The lowest BCUT2D eigenvalue weighted by molar-refractivity contribution is 0.00310. The Morgan fingerprint density at radius 1 is 0.625 bits per heavy atom. The van der Waals surface area contributed by atoms with E-state index in [1.807, 2.05) is 44.2 Å². The number of aliphatic hydroxyl groups excluding tert-OH is 1. The van der Waals surface area contributed by atoms with Gasteiger partial charge in [-0.15, -0.1) is 0 Å². The fraction of sp³-hybridized carbons (Fsp3) is 0.333. The molecule has 1 fully saturated rings. The smallest absolute Gasteiger partial charge is 0.160 e. The SMILES string of the molecule is COc1ccc([C@@H]2O[C@H](c3ccc(O)c(C)c3)[C@@H](O)[C@@]23CCC2=C(C3)[C@@H](c3ccc(O)c(OC)c3)O[C@H]2c2ccc(O)c(C)c2)cc1O. The molecule has 9 nitrogen and oxygen atoms in total. The van der Waals surface area contributed by atoms with Crippen molar-refractivity contribution in [2.24, 2.45) is 5.41 Å². The van der Waals surface area contributed by atoms with Crippen LogP contribution >= 0.6 is 0 Å². The van der Waals surface area contributed by atoms with E-state index in [-0.39, 0.29) is 29.1 Å². The minimum absolute atomic E-state index is 0.0188. The molecule has 4 aromatic carbocycles. The number of ether oxygens (including phenoxy) is 4. The number of hydrogen-bond acceptors (Lipinski definition) is 9. The normalized spacial score (nSPS) is 26.6. The molecule has 1 spiro atoms. The first kappa shape index (κ1) is 31.9. The summed E-state index contributed by atoms with van der Waals surface area (Å²) in [6, 6.07) is 21.1. The number of phenols is 4. The Balaban J connectivity index is 1.37. The first-order chi connectivity index (χ1) is 23.0. The van der Waals surface area contributed by atoms with Crippen LogP contribution in [0.25, 0.3) is 0 Å². The summed E-state index contributed by atoms with van der Waals surface area (Å²) in [6.07, 6.45) is -1.57. The number of phenolic OH excluding ortho intramolecular Hbond substituents is 4. The predicted molar refractivity (Wildman–Crippen MR) is 177 cm³/mol. The molecule has 0 unspecified atom stereocenters. The third-order valence-corrected chi connectivity index (χ3v) is 10.5. The van der Waals surface area contributed by atoms with E-state index in [1.165, 1.54) is 14.2 Å². The van der Waals surface area contributed by atoms with Gasteiger partial charge in [-0.05, 0) is 126 Å². The zero-order valence-corrected chi connectivity index (χ0v) is 27.3. The molecule has 2 aliphatic heterocycles. The number of hydrogen-bond donors (Lipinski definition) is 5. The molecule has 0 bridgehead atoms. The third-order valence-electron chi connectivity index (χ3n) is 10.5. The zero-order valence-electron chi connectivity index (χ0n) is 27.3. The van der Waals surface area contributed by atoms with Crippen molar-refractivity contribution in [2.75, 3.05) is 14.2 Å². The summed E-state index contributed by atoms with van der Waals surface area (Å²) >= 11 is 0. The monoisotopic (exact) mass is 652 g/mol. The van der Waals surface area contributed by atoms with Crippen LogP contribution in [0, 0.1) is 19.3 Å². The average Bonchev–Trinajstić information content (AvgIpc) is 3.59. The Bertz CT molecular complexity index is 1920. The Hall–Kier alpha value is -4.70. The van der Waals surface area contributed by atoms with E-state index in [1.54, 1.807) is 42.5 Å². The molecule has 1 aliphatic carbocycles. The van der Waals surface area contributed by atoms with Crippen LogP contribution in [0.1, 0.15) is 77.1 Å². The van der Waals surface area contributed by atoms with Crippen LogP contribution in [0.5, 0.6) is 34.5 Å². The molecule has 7 rings (SSSR count). The van der Waals surface area contributed by atoms with Crippen LogP contribution < -0.4 is 9.47 Å². The van der Waals surface area contributed by atoms with E-state index < -0.39 is 29.8 Å². The number of methoxy groups -OCH3 is 2. The fourth-order valence-electron chi connectivity index (χ4n) is 7.89. The van der Waals surface area contributed by atoms with E-state index >= 15 is 0 Å². The highest BCUT2D eigenvalue weighted by Gasteiger charge is 2.59. The maximum atomic E-state index is 12.4. The predicted octanol–water partition coefficient (Wildman–Crippen LogP) is 7.30. The number of rotatable bonds is 6. The van der Waals surface area contributed by atoms with Crippen LogP contribution in [0.4, 0.5) is 0 Å². The highest BCUT2D eigenvalue weighted by Crippen LogP contribution is 2.65. The van der Waals surface area contributed by atoms with Gasteiger partial charge in [0.05, 0.1) is 26.4 Å². The summed E-state index contributed by atoms with van der Waals surface area (Å²) in [5.41, 5.74) is 5.88. The van der Waals surface area contributed by atoms with Gasteiger partial charge in [-0.25, -0.2) is 0 Å². The molecular weight excluding hydrogens is 612 g/mol. The Labute approximate surface area is 279 Å². The highest BCUT2D eigenvalue weighted by molar-refractivity contribution is 5.50. The molecule has 1 saturated heterocycles. The standard InChI is InChI=1S/C39H40O9/c1-20-15-22(5-9-28(20)40)34-26-13-14-39(19-27(26)35(47-34)24-7-11-30(42)33(18-24)46-4)37(44)36(23-6-10-29(41)21(2)16-23)48-38(39)25-8-12-32(45-3)31(43)17-25/h5-12,15-18,34-38,40-44H,13-14,19H2,1-4H3/t34-,35+,36+,37+,38-,39-/m0/s1. The second-order valence-electron chi connectivity index (χ2n) is 13.2. The Morgan fingerprint density at radius 2 is 1.21 bits per heavy atom. The second kappa shape index (κ2) is 12.1. The molecule has 4 aromatic rings. The molecule has 6 atom stereocenters. The Kier molecular flexibility index (Phi) is 8.02. The number of benzene rings is 4. The van der Waals surface area contributed by atoms with E-state index in [0.29, 0.717) is 41.9 Å². The van der Waals surface area contributed by atoms with Crippen molar-refractivity contribution in [1.29, 1.82) is 0 Å². The van der Waals surface area contributed by atoms with Gasteiger partial charge in [0.25, 0.3) is 0 Å². The van der Waals surface area contributed by atoms with Crippen molar-refractivity contribution in [3.05, 3.63) is 117 Å². The molecule has 0 aromatic heterocycles. The quantitative estimate of drug-likeness (QED) is 0.136.